The first-order chi connectivity index (χ1) is 5.81. The third kappa shape index (κ3) is 7.80. The Morgan fingerprint density at radius 2 is 1.92 bits per heavy atom. The molecule has 1 nitrogen and oxygen atoms in total. The van der Waals surface area contributed by atoms with Crippen LogP contribution in [0.1, 0.15) is 46.0 Å². The molecule has 0 rings (SSSR count). The second kappa shape index (κ2) is 8.79. The van der Waals surface area contributed by atoms with Gasteiger partial charge in [-0.05, 0) is 38.5 Å². The lowest BCUT2D eigenvalue weighted by molar-refractivity contribution is 0.180. The highest BCUT2D eigenvalue weighted by Crippen LogP contribution is 2.13. The van der Waals surface area contributed by atoms with Gasteiger partial charge in [0.15, 0.2) is 0 Å². The Balaban J connectivity index is 3.13. The molecule has 0 aliphatic heterocycles. The fourth-order valence-corrected chi connectivity index (χ4v) is 1.33. The molecule has 0 saturated heterocycles. The second-order valence-corrected chi connectivity index (χ2v) is 3.45. The van der Waals surface area contributed by atoms with Crippen molar-refractivity contribution in [1.29, 1.82) is 0 Å². The van der Waals surface area contributed by atoms with E-state index in [-0.39, 0.29) is 6.61 Å². The van der Waals surface area contributed by atoms with Gasteiger partial charge in [0.25, 0.3) is 0 Å². The molecule has 0 aliphatic carbocycles. The Morgan fingerprint density at radius 1 is 1.25 bits per heavy atom. The maximum atomic E-state index is 10.2. The standard InChI is InChI=1S/C11H21O/c1-3-4-5-6-8-11(2)9-7-10-12/h3-4,11H,5-10H2,1-2H3/b4-3+. The van der Waals surface area contributed by atoms with Gasteiger partial charge in [-0.25, -0.2) is 5.11 Å². The van der Waals surface area contributed by atoms with Crippen LogP contribution in [0.2, 0.25) is 0 Å². The smallest absolute Gasteiger partial charge is 0.0822 e. The normalized spacial score (nSPS) is 13.9. The molecule has 0 spiro atoms. The summed E-state index contributed by atoms with van der Waals surface area (Å²) in [6.45, 7) is 4.39. The monoisotopic (exact) mass is 169 g/mol. The average Bonchev–Trinajstić information content (AvgIpc) is 2.09. The minimum Gasteiger partial charge on any atom is -0.237 e. The third-order valence-electron chi connectivity index (χ3n) is 2.14. The van der Waals surface area contributed by atoms with Crippen molar-refractivity contribution in [1.82, 2.24) is 0 Å². The number of hydrogen-bond donors (Lipinski definition) is 0. The van der Waals surface area contributed by atoms with Crippen LogP contribution in [-0.2, 0) is 5.11 Å². The molecule has 0 fully saturated rings. The number of hydrogen-bond acceptors (Lipinski definition) is 0. The summed E-state index contributed by atoms with van der Waals surface area (Å²) in [5.41, 5.74) is 0. The molecule has 1 unspecified atom stereocenters. The van der Waals surface area contributed by atoms with Crippen LogP contribution in [0.5, 0.6) is 0 Å². The van der Waals surface area contributed by atoms with Gasteiger partial charge >= 0.3 is 0 Å². The maximum Gasteiger partial charge on any atom is 0.0822 e. The van der Waals surface area contributed by atoms with Gasteiger partial charge in [0.2, 0.25) is 0 Å². The molecule has 1 radical (unpaired) electrons. The van der Waals surface area contributed by atoms with Gasteiger partial charge in [0, 0.05) is 0 Å². The van der Waals surface area contributed by atoms with Crippen LogP contribution >= 0.6 is 0 Å². The third-order valence-corrected chi connectivity index (χ3v) is 2.14. The molecule has 0 aromatic rings. The molecule has 12 heavy (non-hydrogen) atoms. The number of allylic oxidation sites excluding steroid dienone is 2. The van der Waals surface area contributed by atoms with E-state index in [9.17, 15) is 5.11 Å². The Labute approximate surface area is 76.5 Å². The number of unbranched alkanes of at least 4 members (excludes halogenated alkanes) is 1. The highest BCUT2D eigenvalue weighted by molar-refractivity contribution is 4.76. The van der Waals surface area contributed by atoms with Crippen molar-refractivity contribution in [2.24, 2.45) is 5.92 Å². The summed E-state index contributed by atoms with van der Waals surface area (Å²) in [7, 11) is 0. The predicted molar refractivity (Wildman–Crippen MR) is 52.6 cm³/mol. The lowest BCUT2D eigenvalue weighted by Crippen LogP contribution is -1.95. The molecule has 1 heteroatoms. The van der Waals surface area contributed by atoms with Crippen LogP contribution in [0.15, 0.2) is 12.2 Å². The van der Waals surface area contributed by atoms with E-state index in [4.69, 9.17) is 0 Å². The Hall–Kier alpha value is -0.300. The van der Waals surface area contributed by atoms with Gasteiger partial charge in [-0.1, -0.05) is 25.5 Å². The topological polar surface area (TPSA) is 19.9 Å². The van der Waals surface area contributed by atoms with E-state index in [1.54, 1.807) is 0 Å². The quantitative estimate of drug-likeness (QED) is 0.410. The molecule has 1 atom stereocenters. The minimum atomic E-state index is 0.0964. The summed E-state index contributed by atoms with van der Waals surface area (Å²) in [4.78, 5) is 0. The van der Waals surface area contributed by atoms with E-state index in [2.05, 4.69) is 26.0 Å². The van der Waals surface area contributed by atoms with Gasteiger partial charge in [-0.15, -0.1) is 0 Å². The summed E-state index contributed by atoms with van der Waals surface area (Å²) in [5.74, 6) is 0.740. The van der Waals surface area contributed by atoms with Crippen molar-refractivity contribution in [2.45, 2.75) is 46.0 Å². The van der Waals surface area contributed by atoms with Crippen molar-refractivity contribution in [3.63, 3.8) is 0 Å². The lowest BCUT2D eigenvalue weighted by atomic mass is 9.99. The zero-order valence-electron chi connectivity index (χ0n) is 8.38. The molecule has 0 bridgehead atoms. The van der Waals surface area contributed by atoms with E-state index >= 15 is 0 Å². The largest absolute Gasteiger partial charge is 0.237 e. The maximum absolute atomic E-state index is 10.2. The molecule has 0 N–H and O–H groups in total. The Kier molecular flexibility index (Phi) is 8.57. The van der Waals surface area contributed by atoms with Crippen LogP contribution in [0.4, 0.5) is 0 Å². The Bertz CT molecular complexity index is 108. The zero-order valence-corrected chi connectivity index (χ0v) is 8.38. The van der Waals surface area contributed by atoms with Crippen molar-refractivity contribution in [3.8, 4) is 0 Å². The molecule has 0 amide bonds. The summed E-state index contributed by atoms with van der Waals surface area (Å²) in [5, 5.41) is 10.2. The lowest BCUT2D eigenvalue weighted by Gasteiger charge is -2.08. The molecule has 0 saturated carbocycles. The zero-order chi connectivity index (χ0) is 9.23. The van der Waals surface area contributed by atoms with E-state index in [1.165, 1.54) is 19.3 Å². The van der Waals surface area contributed by atoms with Gasteiger partial charge in [0.05, 0.1) is 6.61 Å². The summed E-state index contributed by atoms with van der Waals surface area (Å²) in [6, 6.07) is 0. The van der Waals surface area contributed by atoms with Gasteiger partial charge in [-0.2, -0.15) is 0 Å². The fourth-order valence-electron chi connectivity index (χ4n) is 1.33. The molecule has 0 aliphatic rings. The summed E-state index contributed by atoms with van der Waals surface area (Å²) in [6.07, 6.45) is 10.00. The van der Waals surface area contributed by atoms with Crippen LogP contribution in [0.25, 0.3) is 0 Å². The van der Waals surface area contributed by atoms with Gasteiger partial charge < -0.3 is 0 Å². The average molecular weight is 169 g/mol. The van der Waals surface area contributed by atoms with Crippen molar-refractivity contribution >= 4 is 0 Å². The molecular weight excluding hydrogens is 148 g/mol. The first-order valence-corrected chi connectivity index (χ1v) is 5.00. The van der Waals surface area contributed by atoms with Crippen LogP contribution < -0.4 is 0 Å². The Morgan fingerprint density at radius 3 is 2.50 bits per heavy atom. The molecular formula is C11H21O. The van der Waals surface area contributed by atoms with Crippen LogP contribution in [0, 0.1) is 5.92 Å². The van der Waals surface area contributed by atoms with Gasteiger partial charge in [0.1, 0.15) is 0 Å². The van der Waals surface area contributed by atoms with Crippen LogP contribution in [0.3, 0.4) is 0 Å². The SMILES string of the molecule is C/C=C/CCCC(C)CCC[O]. The minimum absolute atomic E-state index is 0.0964. The second-order valence-electron chi connectivity index (χ2n) is 3.45. The molecule has 71 valence electrons. The molecule has 0 aromatic carbocycles. The molecule has 0 aromatic heterocycles. The number of rotatable bonds is 7. The van der Waals surface area contributed by atoms with E-state index in [0.717, 1.165) is 18.8 Å². The fraction of sp³-hybridized carbons (Fsp3) is 0.818. The first kappa shape index (κ1) is 11.7. The van der Waals surface area contributed by atoms with Crippen molar-refractivity contribution in [2.75, 3.05) is 6.61 Å². The highest BCUT2D eigenvalue weighted by Gasteiger charge is 2.00. The van der Waals surface area contributed by atoms with Gasteiger partial charge in [-0.3, -0.25) is 0 Å². The van der Waals surface area contributed by atoms with Crippen molar-refractivity contribution < 1.29 is 5.11 Å². The van der Waals surface area contributed by atoms with E-state index in [1.807, 2.05) is 0 Å². The van der Waals surface area contributed by atoms with E-state index in [0.29, 0.717) is 0 Å². The first-order valence-electron chi connectivity index (χ1n) is 5.00. The van der Waals surface area contributed by atoms with Crippen molar-refractivity contribution in [3.05, 3.63) is 12.2 Å². The molecule has 0 heterocycles. The predicted octanol–water partition coefficient (Wildman–Crippen LogP) is 3.58. The summed E-state index contributed by atoms with van der Waals surface area (Å²) < 4.78 is 0. The van der Waals surface area contributed by atoms with Crippen LogP contribution in [-0.4, -0.2) is 6.61 Å². The highest BCUT2D eigenvalue weighted by atomic mass is 16.2. The summed E-state index contributed by atoms with van der Waals surface area (Å²) >= 11 is 0. The van der Waals surface area contributed by atoms with E-state index < -0.39 is 0 Å².